The maximum Gasteiger partial charge on any atom is 0.0679 e. The molecule has 0 aliphatic heterocycles. The molecule has 0 radical (unpaired) electrons. The molecule has 0 aromatic rings. The molecule has 0 amide bonds. The van der Waals surface area contributed by atoms with Gasteiger partial charge in [-0.2, -0.15) is 0 Å². The molecular formula is C17H30O. The highest BCUT2D eigenvalue weighted by atomic mass is 16.5. The minimum Gasteiger partial charge on any atom is -0.377 e. The summed E-state index contributed by atoms with van der Waals surface area (Å²) < 4.78 is 5.72. The zero-order valence-electron chi connectivity index (χ0n) is 12.1. The maximum atomic E-state index is 5.72. The molecule has 0 bridgehead atoms. The molecule has 1 aliphatic rings. The SMILES string of the molecule is CCCCCCCCCCOCC1=CCC=CC1. The molecule has 0 spiro atoms. The molecule has 0 fully saturated rings. The molecule has 0 aromatic heterocycles. The van der Waals surface area contributed by atoms with Gasteiger partial charge in [-0.25, -0.2) is 0 Å². The Morgan fingerprint density at radius 1 is 0.944 bits per heavy atom. The van der Waals surface area contributed by atoms with Gasteiger partial charge < -0.3 is 4.74 Å². The summed E-state index contributed by atoms with van der Waals surface area (Å²) in [4.78, 5) is 0. The van der Waals surface area contributed by atoms with Crippen molar-refractivity contribution in [2.75, 3.05) is 13.2 Å². The van der Waals surface area contributed by atoms with Gasteiger partial charge in [0.05, 0.1) is 6.61 Å². The molecule has 0 N–H and O–H groups in total. The number of unbranched alkanes of at least 4 members (excludes halogenated alkanes) is 7. The first-order chi connectivity index (χ1) is 8.93. The van der Waals surface area contributed by atoms with Crippen molar-refractivity contribution in [3.8, 4) is 0 Å². The Morgan fingerprint density at radius 2 is 1.67 bits per heavy atom. The van der Waals surface area contributed by atoms with Crippen LogP contribution in [0.3, 0.4) is 0 Å². The Morgan fingerprint density at radius 3 is 2.33 bits per heavy atom. The topological polar surface area (TPSA) is 9.23 Å². The highest BCUT2D eigenvalue weighted by Gasteiger charge is 1.98. The van der Waals surface area contributed by atoms with Crippen molar-refractivity contribution in [1.29, 1.82) is 0 Å². The molecule has 0 atom stereocenters. The largest absolute Gasteiger partial charge is 0.377 e. The third-order valence-corrected chi connectivity index (χ3v) is 3.52. The van der Waals surface area contributed by atoms with Crippen LogP contribution in [0.5, 0.6) is 0 Å². The van der Waals surface area contributed by atoms with E-state index in [4.69, 9.17) is 4.74 Å². The van der Waals surface area contributed by atoms with Gasteiger partial charge in [0.25, 0.3) is 0 Å². The molecule has 18 heavy (non-hydrogen) atoms. The van der Waals surface area contributed by atoms with Gasteiger partial charge in [0.1, 0.15) is 0 Å². The van der Waals surface area contributed by atoms with Crippen molar-refractivity contribution in [1.82, 2.24) is 0 Å². The summed E-state index contributed by atoms with van der Waals surface area (Å²) in [6.07, 6.45) is 19.9. The minimum atomic E-state index is 0.848. The highest BCUT2D eigenvalue weighted by Crippen LogP contribution is 2.12. The molecule has 0 unspecified atom stereocenters. The van der Waals surface area contributed by atoms with Gasteiger partial charge in [-0.05, 0) is 24.8 Å². The second-order valence-corrected chi connectivity index (χ2v) is 5.30. The van der Waals surface area contributed by atoms with Crippen molar-refractivity contribution in [3.05, 3.63) is 23.8 Å². The molecule has 1 aliphatic carbocycles. The van der Waals surface area contributed by atoms with Gasteiger partial charge in [-0.15, -0.1) is 0 Å². The second-order valence-electron chi connectivity index (χ2n) is 5.30. The van der Waals surface area contributed by atoms with E-state index in [1.54, 1.807) is 0 Å². The smallest absolute Gasteiger partial charge is 0.0679 e. The van der Waals surface area contributed by atoms with E-state index in [1.165, 1.54) is 56.9 Å². The molecule has 0 saturated heterocycles. The van der Waals surface area contributed by atoms with Gasteiger partial charge in [-0.1, -0.05) is 70.1 Å². The quantitative estimate of drug-likeness (QED) is 0.351. The fourth-order valence-electron chi connectivity index (χ4n) is 2.31. The number of rotatable bonds is 11. The van der Waals surface area contributed by atoms with Crippen molar-refractivity contribution in [2.24, 2.45) is 0 Å². The summed E-state index contributed by atoms with van der Waals surface area (Å²) in [6.45, 7) is 4.06. The van der Waals surface area contributed by atoms with Crippen molar-refractivity contribution in [2.45, 2.75) is 71.1 Å². The Kier molecular flexibility index (Phi) is 9.92. The maximum absolute atomic E-state index is 5.72. The van der Waals surface area contributed by atoms with Gasteiger partial charge in [0, 0.05) is 6.61 Å². The van der Waals surface area contributed by atoms with Crippen LogP contribution in [-0.2, 0) is 4.74 Å². The van der Waals surface area contributed by atoms with Crippen molar-refractivity contribution in [3.63, 3.8) is 0 Å². The van der Waals surface area contributed by atoms with Crippen LogP contribution in [0, 0.1) is 0 Å². The van der Waals surface area contributed by atoms with Gasteiger partial charge in [-0.3, -0.25) is 0 Å². The lowest BCUT2D eigenvalue weighted by Gasteiger charge is -2.09. The Hall–Kier alpha value is -0.560. The van der Waals surface area contributed by atoms with E-state index in [0.717, 1.165) is 26.1 Å². The van der Waals surface area contributed by atoms with E-state index in [2.05, 4.69) is 25.2 Å². The highest BCUT2D eigenvalue weighted by molar-refractivity contribution is 5.14. The van der Waals surface area contributed by atoms with Crippen LogP contribution < -0.4 is 0 Å². The van der Waals surface area contributed by atoms with Crippen LogP contribution in [-0.4, -0.2) is 13.2 Å². The summed E-state index contributed by atoms with van der Waals surface area (Å²) in [5.41, 5.74) is 1.46. The van der Waals surface area contributed by atoms with Crippen LogP contribution in [0.2, 0.25) is 0 Å². The monoisotopic (exact) mass is 250 g/mol. The summed E-state index contributed by atoms with van der Waals surface area (Å²) in [7, 11) is 0. The van der Waals surface area contributed by atoms with Gasteiger partial charge in [0.2, 0.25) is 0 Å². The summed E-state index contributed by atoms with van der Waals surface area (Å²) in [6, 6.07) is 0. The van der Waals surface area contributed by atoms with E-state index in [1.807, 2.05) is 0 Å². The predicted octanol–water partition coefficient (Wildman–Crippen LogP) is 5.42. The summed E-state index contributed by atoms with van der Waals surface area (Å²) in [5, 5.41) is 0. The Labute approximate surface area is 113 Å². The third kappa shape index (κ3) is 8.52. The number of ether oxygens (including phenoxy) is 1. The molecule has 0 saturated carbocycles. The summed E-state index contributed by atoms with van der Waals surface area (Å²) >= 11 is 0. The third-order valence-electron chi connectivity index (χ3n) is 3.52. The van der Waals surface area contributed by atoms with Crippen molar-refractivity contribution < 1.29 is 4.74 Å². The van der Waals surface area contributed by atoms with Crippen LogP contribution in [0.1, 0.15) is 71.1 Å². The molecule has 0 aromatic carbocycles. The lowest BCUT2D eigenvalue weighted by molar-refractivity contribution is 0.149. The summed E-state index contributed by atoms with van der Waals surface area (Å²) in [5.74, 6) is 0. The lowest BCUT2D eigenvalue weighted by Crippen LogP contribution is -2.01. The zero-order valence-corrected chi connectivity index (χ0v) is 12.1. The molecule has 1 rings (SSSR count). The average Bonchev–Trinajstić information content (AvgIpc) is 2.42. The number of allylic oxidation sites excluding steroid dienone is 3. The van der Waals surface area contributed by atoms with E-state index in [9.17, 15) is 0 Å². The first-order valence-corrected chi connectivity index (χ1v) is 7.84. The molecule has 104 valence electrons. The first-order valence-electron chi connectivity index (χ1n) is 7.84. The van der Waals surface area contributed by atoms with E-state index >= 15 is 0 Å². The van der Waals surface area contributed by atoms with E-state index in [0.29, 0.717) is 0 Å². The Bertz CT molecular complexity index is 240. The molecule has 0 heterocycles. The zero-order chi connectivity index (χ0) is 12.9. The fourth-order valence-corrected chi connectivity index (χ4v) is 2.31. The molecular weight excluding hydrogens is 220 g/mol. The second kappa shape index (κ2) is 11.5. The van der Waals surface area contributed by atoms with Gasteiger partial charge >= 0.3 is 0 Å². The van der Waals surface area contributed by atoms with Crippen LogP contribution in [0.25, 0.3) is 0 Å². The minimum absolute atomic E-state index is 0.848. The van der Waals surface area contributed by atoms with Crippen LogP contribution in [0.15, 0.2) is 23.8 Å². The first kappa shape index (κ1) is 15.5. The van der Waals surface area contributed by atoms with Crippen LogP contribution in [0.4, 0.5) is 0 Å². The average molecular weight is 250 g/mol. The lowest BCUT2D eigenvalue weighted by atomic mass is 10.1. The number of hydrogen-bond acceptors (Lipinski definition) is 1. The molecule has 1 nitrogen and oxygen atoms in total. The fraction of sp³-hybridized carbons (Fsp3) is 0.765. The van der Waals surface area contributed by atoms with E-state index < -0.39 is 0 Å². The van der Waals surface area contributed by atoms with E-state index in [-0.39, 0.29) is 0 Å². The van der Waals surface area contributed by atoms with Crippen LogP contribution >= 0.6 is 0 Å². The normalized spacial score (nSPS) is 14.8. The Balaban J connectivity index is 1.77. The van der Waals surface area contributed by atoms with Crippen molar-refractivity contribution >= 4 is 0 Å². The standard InChI is InChI=1S/C17H30O/c1-2-3-4-5-6-7-8-12-15-18-16-17-13-10-9-11-14-17/h9-10,14H,2-8,11-13,15-16H2,1H3. The molecule has 1 heteroatoms. The predicted molar refractivity (Wildman–Crippen MR) is 79.9 cm³/mol. The number of hydrogen-bond donors (Lipinski definition) is 0. The van der Waals surface area contributed by atoms with Gasteiger partial charge in [0.15, 0.2) is 0 Å².